The van der Waals surface area contributed by atoms with Gasteiger partial charge in [-0.25, -0.2) is 4.98 Å². The number of anilines is 1. The molecule has 0 N–H and O–H groups in total. The highest BCUT2D eigenvalue weighted by Crippen LogP contribution is 2.17. The van der Waals surface area contributed by atoms with Gasteiger partial charge in [-0.1, -0.05) is 0 Å². The first-order chi connectivity index (χ1) is 9.09. The molecular formula is C12H17N5O2. The number of aromatic nitrogens is 4. The van der Waals surface area contributed by atoms with Gasteiger partial charge in [-0.05, 0) is 6.92 Å². The first-order valence-corrected chi connectivity index (χ1v) is 6.32. The van der Waals surface area contributed by atoms with Crippen LogP contribution < -0.4 is 10.5 Å². The summed E-state index contributed by atoms with van der Waals surface area (Å²) in [6, 6.07) is 0. The van der Waals surface area contributed by atoms with E-state index in [1.54, 1.807) is 23.3 Å². The van der Waals surface area contributed by atoms with Crippen molar-refractivity contribution in [2.24, 2.45) is 14.1 Å². The summed E-state index contributed by atoms with van der Waals surface area (Å²) in [4.78, 5) is 19.1. The Labute approximate surface area is 110 Å². The molecule has 0 atom stereocenters. The van der Waals surface area contributed by atoms with Gasteiger partial charge in [-0.3, -0.25) is 14.0 Å². The van der Waals surface area contributed by atoms with Crippen molar-refractivity contribution in [1.29, 1.82) is 0 Å². The van der Waals surface area contributed by atoms with Gasteiger partial charge in [0.15, 0.2) is 5.52 Å². The van der Waals surface area contributed by atoms with Crippen LogP contribution in [-0.4, -0.2) is 45.6 Å². The van der Waals surface area contributed by atoms with E-state index in [9.17, 15) is 4.79 Å². The number of ether oxygens (including phenoxy) is 1. The maximum absolute atomic E-state index is 12.4. The molecule has 7 heteroatoms. The Morgan fingerprint density at radius 3 is 2.58 bits per heavy atom. The second kappa shape index (κ2) is 4.34. The SMILES string of the molecule is Cc1nn(C)c2c(=O)n(C)c(N3CCOCC3)nc12. The Morgan fingerprint density at radius 2 is 1.89 bits per heavy atom. The van der Waals surface area contributed by atoms with Crippen molar-refractivity contribution in [2.45, 2.75) is 6.92 Å². The van der Waals surface area contributed by atoms with Gasteiger partial charge in [0.25, 0.3) is 5.56 Å². The van der Waals surface area contributed by atoms with Crippen LogP contribution in [0.25, 0.3) is 11.0 Å². The van der Waals surface area contributed by atoms with Gasteiger partial charge in [-0.15, -0.1) is 0 Å². The lowest BCUT2D eigenvalue weighted by molar-refractivity contribution is 0.121. The summed E-state index contributed by atoms with van der Waals surface area (Å²) in [6.07, 6.45) is 0. The minimum atomic E-state index is -0.0606. The number of morpholine rings is 1. The third kappa shape index (κ3) is 1.81. The van der Waals surface area contributed by atoms with Crippen molar-refractivity contribution in [3.63, 3.8) is 0 Å². The number of aryl methyl sites for hydroxylation is 2. The van der Waals surface area contributed by atoms with E-state index in [-0.39, 0.29) is 5.56 Å². The molecule has 1 fully saturated rings. The minimum absolute atomic E-state index is 0.0606. The smallest absolute Gasteiger partial charge is 0.280 e. The lowest BCUT2D eigenvalue weighted by atomic mass is 10.3. The lowest BCUT2D eigenvalue weighted by Crippen LogP contribution is -2.40. The van der Waals surface area contributed by atoms with Gasteiger partial charge in [0, 0.05) is 27.2 Å². The molecule has 0 bridgehead atoms. The van der Waals surface area contributed by atoms with Gasteiger partial charge in [-0.2, -0.15) is 5.10 Å². The molecule has 3 rings (SSSR count). The summed E-state index contributed by atoms with van der Waals surface area (Å²) in [6.45, 7) is 4.72. The number of fused-ring (bicyclic) bond motifs is 1. The molecule has 3 heterocycles. The molecule has 0 aromatic carbocycles. The standard InChI is InChI=1S/C12H17N5O2/c1-8-9-10(16(3)14-8)11(18)15(2)12(13-9)17-4-6-19-7-5-17/h4-7H2,1-3H3. The summed E-state index contributed by atoms with van der Waals surface area (Å²) >= 11 is 0. The van der Waals surface area contributed by atoms with Crippen molar-refractivity contribution in [3.8, 4) is 0 Å². The van der Waals surface area contributed by atoms with E-state index in [0.29, 0.717) is 30.2 Å². The van der Waals surface area contributed by atoms with Crippen LogP contribution in [0.15, 0.2) is 4.79 Å². The number of nitrogens with zero attached hydrogens (tertiary/aromatic N) is 5. The summed E-state index contributed by atoms with van der Waals surface area (Å²) in [5, 5.41) is 4.28. The van der Waals surface area contributed by atoms with E-state index in [4.69, 9.17) is 4.74 Å². The summed E-state index contributed by atoms with van der Waals surface area (Å²) in [7, 11) is 3.52. The van der Waals surface area contributed by atoms with Crippen molar-refractivity contribution >= 4 is 17.0 Å². The number of rotatable bonds is 1. The zero-order chi connectivity index (χ0) is 13.6. The quantitative estimate of drug-likeness (QED) is 0.713. The largest absolute Gasteiger partial charge is 0.378 e. The van der Waals surface area contributed by atoms with E-state index in [1.807, 2.05) is 6.92 Å². The van der Waals surface area contributed by atoms with Gasteiger partial charge in [0.1, 0.15) is 5.52 Å². The predicted octanol–water partition coefficient (Wildman–Crippen LogP) is -0.188. The van der Waals surface area contributed by atoms with Gasteiger partial charge in [0.05, 0.1) is 18.9 Å². The second-order valence-electron chi connectivity index (χ2n) is 4.78. The predicted molar refractivity (Wildman–Crippen MR) is 71.5 cm³/mol. The molecule has 0 unspecified atom stereocenters. The zero-order valence-corrected chi connectivity index (χ0v) is 11.4. The summed E-state index contributed by atoms with van der Waals surface area (Å²) < 4.78 is 8.53. The summed E-state index contributed by atoms with van der Waals surface area (Å²) in [5.41, 5.74) is 1.96. The Kier molecular flexibility index (Phi) is 2.78. The fraction of sp³-hybridized carbons (Fsp3) is 0.583. The van der Waals surface area contributed by atoms with E-state index in [1.165, 1.54) is 0 Å². The van der Waals surface area contributed by atoms with Crippen LogP contribution in [0.1, 0.15) is 5.69 Å². The lowest BCUT2D eigenvalue weighted by Gasteiger charge is -2.28. The highest BCUT2D eigenvalue weighted by atomic mass is 16.5. The molecule has 2 aromatic rings. The molecule has 2 aromatic heterocycles. The first kappa shape index (κ1) is 12.2. The minimum Gasteiger partial charge on any atom is -0.378 e. The fourth-order valence-corrected chi connectivity index (χ4v) is 2.49. The van der Waals surface area contributed by atoms with Crippen LogP contribution in [-0.2, 0) is 18.8 Å². The molecule has 7 nitrogen and oxygen atoms in total. The summed E-state index contributed by atoms with van der Waals surface area (Å²) in [5.74, 6) is 0.692. The Morgan fingerprint density at radius 1 is 1.21 bits per heavy atom. The van der Waals surface area contributed by atoms with E-state index >= 15 is 0 Å². The maximum atomic E-state index is 12.4. The molecule has 0 aliphatic carbocycles. The third-order valence-corrected chi connectivity index (χ3v) is 3.50. The maximum Gasteiger partial charge on any atom is 0.280 e. The van der Waals surface area contributed by atoms with E-state index in [2.05, 4.69) is 15.0 Å². The molecular weight excluding hydrogens is 246 g/mol. The average Bonchev–Trinajstić information content (AvgIpc) is 2.70. The molecule has 0 amide bonds. The third-order valence-electron chi connectivity index (χ3n) is 3.50. The zero-order valence-electron chi connectivity index (χ0n) is 11.4. The van der Waals surface area contributed by atoms with Crippen molar-refractivity contribution in [3.05, 3.63) is 16.0 Å². The Hall–Kier alpha value is -1.89. The average molecular weight is 263 g/mol. The monoisotopic (exact) mass is 263 g/mol. The molecule has 0 saturated carbocycles. The van der Waals surface area contributed by atoms with Gasteiger partial charge < -0.3 is 9.64 Å². The van der Waals surface area contributed by atoms with Gasteiger partial charge in [0.2, 0.25) is 5.95 Å². The molecule has 0 spiro atoms. The Balaban J connectivity index is 2.23. The van der Waals surface area contributed by atoms with Crippen molar-refractivity contribution < 1.29 is 4.74 Å². The first-order valence-electron chi connectivity index (χ1n) is 6.32. The molecule has 1 aliphatic heterocycles. The molecule has 102 valence electrons. The fourth-order valence-electron chi connectivity index (χ4n) is 2.49. The van der Waals surface area contributed by atoms with Crippen molar-refractivity contribution in [1.82, 2.24) is 19.3 Å². The highest BCUT2D eigenvalue weighted by Gasteiger charge is 2.20. The molecule has 19 heavy (non-hydrogen) atoms. The molecule has 1 aliphatic rings. The topological polar surface area (TPSA) is 65.2 Å². The van der Waals surface area contributed by atoms with Gasteiger partial charge >= 0.3 is 0 Å². The van der Waals surface area contributed by atoms with Crippen LogP contribution in [0.3, 0.4) is 0 Å². The van der Waals surface area contributed by atoms with Crippen LogP contribution in [0.4, 0.5) is 5.95 Å². The van der Waals surface area contributed by atoms with E-state index in [0.717, 1.165) is 18.8 Å². The molecule has 1 saturated heterocycles. The van der Waals surface area contributed by atoms with Crippen molar-refractivity contribution in [2.75, 3.05) is 31.2 Å². The normalized spacial score (nSPS) is 16.3. The second-order valence-corrected chi connectivity index (χ2v) is 4.78. The highest BCUT2D eigenvalue weighted by molar-refractivity contribution is 5.77. The number of hydrogen-bond acceptors (Lipinski definition) is 5. The van der Waals surface area contributed by atoms with Crippen LogP contribution in [0.2, 0.25) is 0 Å². The van der Waals surface area contributed by atoms with E-state index < -0.39 is 0 Å². The van der Waals surface area contributed by atoms with Crippen LogP contribution in [0, 0.1) is 6.92 Å². The van der Waals surface area contributed by atoms with Crippen LogP contribution in [0.5, 0.6) is 0 Å². The van der Waals surface area contributed by atoms with Crippen LogP contribution >= 0.6 is 0 Å². The number of hydrogen-bond donors (Lipinski definition) is 0. The molecule has 0 radical (unpaired) electrons. The Bertz CT molecular complexity index is 681.